The van der Waals surface area contributed by atoms with Crippen LogP contribution in [0.3, 0.4) is 0 Å². The van der Waals surface area contributed by atoms with Gasteiger partial charge in [0.05, 0.1) is 10.8 Å². The summed E-state index contributed by atoms with van der Waals surface area (Å²) < 4.78 is 22.3. The Kier molecular flexibility index (Phi) is 12.1. The predicted molar refractivity (Wildman–Crippen MR) is 202 cm³/mol. The maximum atomic E-state index is 13.7. The van der Waals surface area contributed by atoms with Crippen LogP contribution in [0, 0.1) is 46.4 Å². The molecule has 4 aromatic rings. The third-order valence-electron chi connectivity index (χ3n) is 7.97. The van der Waals surface area contributed by atoms with Gasteiger partial charge in [-0.15, -0.1) is 0 Å². The molecule has 0 radical (unpaired) electrons. The van der Waals surface area contributed by atoms with E-state index >= 15 is 0 Å². The van der Waals surface area contributed by atoms with E-state index < -0.39 is 46.9 Å². The van der Waals surface area contributed by atoms with Crippen molar-refractivity contribution in [1.29, 1.82) is 0 Å². The van der Waals surface area contributed by atoms with Gasteiger partial charge in [-0.05, 0) is 101 Å². The lowest BCUT2D eigenvalue weighted by Gasteiger charge is -2.28. The minimum atomic E-state index is -1.96. The SMILES string of the molecule is CC(C)(C)C(=O)O[C@H]1C(=O)OCc2ccc(cc2)C#Cc2ccccc2C#Cc2ccccc2C#Cc2ccc(cc2)COC(=O)[C@@H]1OC(=O)C(C)(C)C. The van der Waals surface area contributed by atoms with Crippen molar-refractivity contribution >= 4 is 23.9 Å². The van der Waals surface area contributed by atoms with Crippen LogP contribution in [0.15, 0.2) is 97.1 Å². The van der Waals surface area contributed by atoms with E-state index in [0.29, 0.717) is 22.3 Å². The molecule has 8 nitrogen and oxygen atoms in total. The quantitative estimate of drug-likeness (QED) is 0.125. The summed E-state index contributed by atoms with van der Waals surface area (Å²) in [7, 11) is 0. The van der Waals surface area contributed by atoms with Crippen LogP contribution in [-0.2, 0) is 51.3 Å². The van der Waals surface area contributed by atoms with E-state index in [1.54, 1.807) is 90.1 Å². The molecule has 0 saturated carbocycles. The van der Waals surface area contributed by atoms with Gasteiger partial charge in [0.25, 0.3) is 0 Å². The lowest BCUT2D eigenvalue weighted by atomic mass is 9.96. The van der Waals surface area contributed by atoms with Crippen molar-refractivity contribution in [3.05, 3.63) is 142 Å². The predicted octanol–water partition coefficient (Wildman–Crippen LogP) is 6.90. The fraction of sp³-hybridized carbons (Fsp3) is 0.261. The first kappa shape index (κ1) is 38.7. The van der Waals surface area contributed by atoms with Gasteiger partial charge in [0.2, 0.25) is 12.2 Å². The highest BCUT2D eigenvalue weighted by atomic mass is 16.6. The van der Waals surface area contributed by atoms with Crippen molar-refractivity contribution in [3.63, 3.8) is 0 Å². The number of hydrogen-bond donors (Lipinski definition) is 0. The molecule has 4 aromatic carbocycles. The standard InChI is InChI=1S/C46H40O8/c1-45(2,3)43(49)53-39-40(54-44(50)46(4,5)6)42(48)52-30-34-21-17-32(18-22-34)24-26-36-12-8-10-14-38(36)28-27-37-13-9-7-11-35(37)25-23-31-15-19-33(20-16-31)29-51-41(39)47/h7-22,39-40H,29-30H2,1-6H3/t39-,40-/m1/s1. The van der Waals surface area contributed by atoms with Crippen LogP contribution in [0.1, 0.15) is 86.1 Å². The molecule has 4 bridgehead atoms. The molecule has 0 N–H and O–H groups in total. The maximum absolute atomic E-state index is 13.7. The monoisotopic (exact) mass is 720 g/mol. The van der Waals surface area contributed by atoms with Crippen LogP contribution in [0.5, 0.6) is 0 Å². The third-order valence-corrected chi connectivity index (χ3v) is 7.97. The van der Waals surface area contributed by atoms with Gasteiger partial charge in [-0.2, -0.15) is 0 Å². The normalized spacial score (nSPS) is 16.0. The molecule has 0 saturated heterocycles. The fourth-order valence-corrected chi connectivity index (χ4v) is 4.71. The average molecular weight is 721 g/mol. The number of carbonyl (C=O) groups excluding carboxylic acids is 4. The summed E-state index contributed by atoms with van der Waals surface area (Å²) in [5, 5.41) is 0. The number of carbonyl (C=O) groups is 4. The zero-order valence-electron chi connectivity index (χ0n) is 31.1. The van der Waals surface area contributed by atoms with Gasteiger partial charge in [-0.1, -0.05) is 84.1 Å². The molecule has 2 atom stereocenters. The number of esters is 4. The molecule has 8 heteroatoms. The molecular weight excluding hydrogens is 680 g/mol. The average Bonchev–Trinajstić information content (AvgIpc) is 3.15. The van der Waals surface area contributed by atoms with Crippen molar-refractivity contribution in [2.24, 2.45) is 10.8 Å². The van der Waals surface area contributed by atoms with Gasteiger partial charge in [-0.3, -0.25) is 9.59 Å². The summed E-state index contributed by atoms with van der Waals surface area (Å²) in [6, 6.07) is 29.3. The van der Waals surface area contributed by atoms with Gasteiger partial charge in [-0.25, -0.2) is 9.59 Å². The molecule has 0 aliphatic carbocycles. The molecule has 0 unspecified atom stereocenters. The number of hydrogen-bond acceptors (Lipinski definition) is 8. The van der Waals surface area contributed by atoms with Crippen molar-refractivity contribution in [2.45, 2.75) is 67.0 Å². The molecule has 4 heterocycles. The lowest BCUT2D eigenvalue weighted by molar-refractivity contribution is -0.198. The van der Waals surface area contributed by atoms with E-state index in [1.165, 1.54) is 0 Å². The minimum Gasteiger partial charge on any atom is -0.458 e. The Balaban J connectivity index is 1.55. The second kappa shape index (κ2) is 16.8. The molecule has 4 aliphatic rings. The first-order chi connectivity index (χ1) is 25.7. The molecule has 0 fully saturated rings. The van der Waals surface area contributed by atoms with Crippen LogP contribution in [0.4, 0.5) is 0 Å². The van der Waals surface area contributed by atoms with Crippen molar-refractivity contribution in [3.8, 4) is 35.5 Å². The maximum Gasteiger partial charge on any atom is 0.352 e. The topological polar surface area (TPSA) is 105 Å². The highest BCUT2D eigenvalue weighted by Gasteiger charge is 2.45. The van der Waals surface area contributed by atoms with E-state index in [4.69, 9.17) is 18.9 Å². The number of rotatable bonds is 2. The second-order valence-corrected chi connectivity index (χ2v) is 14.6. The number of ether oxygens (including phenoxy) is 4. The number of benzene rings is 4. The van der Waals surface area contributed by atoms with E-state index in [0.717, 1.165) is 22.3 Å². The van der Waals surface area contributed by atoms with Gasteiger partial charge >= 0.3 is 23.9 Å². The van der Waals surface area contributed by atoms with Gasteiger partial charge < -0.3 is 18.9 Å². The Morgan fingerprint density at radius 1 is 0.500 bits per heavy atom. The minimum absolute atomic E-state index is 0.236. The first-order valence-corrected chi connectivity index (χ1v) is 17.3. The third kappa shape index (κ3) is 10.5. The first-order valence-electron chi connectivity index (χ1n) is 17.3. The zero-order chi connectivity index (χ0) is 38.9. The van der Waals surface area contributed by atoms with Gasteiger partial charge in [0.1, 0.15) is 13.2 Å². The lowest BCUT2D eigenvalue weighted by Crippen LogP contribution is -2.49. The van der Waals surface area contributed by atoms with Crippen molar-refractivity contribution in [1.82, 2.24) is 0 Å². The van der Waals surface area contributed by atoms with E-state index in [1.807, 2.05) is 48.5 Å². The molecule has 0 aromatic heterocycles. The molecule has 8 rings (SSSR count). The van der Waals surface area contributed by atoms with Crippen molar-refractivity contribution < 1.29 is 38.1 Å². The highest BCUT2D eigenvalue weighted by molar-refractivity contribution is 5.90. The Hall–Kier alpha value is -6.56. The molecule has 54 heavy (non-hydrogen) atoms. The zero-order valence-corrected chi connectivity index (χ0v) is 31.1. The molecule has 0 amide bonds. The van der Waals surface area contributed by atoms with Gasteiger partial charge in [0.15, 0.2) is 0 Å². The van der Waals surface area contributed by atoms with Crippen molar-refractivity contribution in [2.75, 3.05) is 0 Å². The fourth-order valence-electron chi connectivity index (χ4n) is 4.71. The van der Waals surface area contributed by atoms with Crippen LogP contribution < -0.4 is 0 Å². The van der Waals surface area contributed by atoms with E-state index in [-0.39, 0.29) is 13.2 Å². The molecule has 272 valence electrons. The molecular formula is C46H40O8. The summed E-state index contributed by atoms with van der Waals surface area (Å²) >= 11 is 0. The second-order valence-electron chi connectivity index (χ2n) is 14.6. The molecule has 0 spiro atoms. The Morgan fingerprint density at radius 2 is 0.796 bits per heavy atom. The summed E-state index contributed by atoms with van der Waals surface area (Å²) in [6.07, 6.45) is -3.91. The summed E-state index contributed by atoms with van der Waals surface area (Å²) in [4.78, 5) is 53.6. The van der Waals surface area contributed by atoms with Crippen LogP contribution in [0.25, 0.3) is 0 Å². The van der Waals surface area contributed by atoms with E-state index in [9.17, 15) is 19.2 Å². The van der Waals surface area contributed by atoms with Crippen LogP contribution in [-0.4, -0.2) is 36.1 Å². The van der Waals surface area contributed by atoms with Gasteiger partial charge in [0, 0.05) is 33.4 Å². The largest absolute Gasteiger partial charge is 0.458 e. The van der Waals surface area contributed by atoms with Crippen LogP contribution in [0.2, 0.25) is 0 Å². The smallest absolute Gasteiger partial charge is 0.352 e. The highest BCUT2D eigenvalue weighted by Crippen LogP contribution is 2.24. The Labute approximate surface area is 316 Å². The summed E-state index contributed by atoms with van der Waals surface area (Å²) in [6.45, 7) is 9.04. The van der Waals surface area contributed by atoms with E-state index in [2.05, 4.69) is 35.5 Å². The Bertz CT molecular complexity index is 2070. The van der Waals surface area contributed by atoms with Crippen LogP contribution >= 0.6 is 0 Å². The molecule has 4 aliphatic heterocycles. The summed E-state index contributed by atoms with van der Waals surface area (Å²) in [5.74, 6) is 15.4. The Morgan fingerprint density at radius 3 is 1.09 bits per heavy atom. The summed E-state index contributed by atoms with van der Waals surface area (Å²) in [5.41, 5.74) is 3.50.